The van der Waals surface area contributed by atoms with Crippen LogP contribution in [0.25, 0.3) is 0 Å². The first-order valence-corrected chi connectivity index (χ1v) is 23.4. The van der Waals surface area contributed by atoms with E-state index in [0.29, 0.717) is 19.3 Å². The number of aliphatic hydroxyl groups is 3. The summed E-state index contributed by atoms with van der Waals surface area (Å²) in [6, 6.07) is 0. The van der Waals surface area contributed by atoms with Gasteiger partial charge in [0.1, 0.15) is 6.61 Å². The van der Waals surface area contributed by atoms with Gasteiger partial charge >= 0.3 is 19.8 Å². The summed E-state index contributed by atoms with van der Waals surface area (Å²) in [5.41, 5.74) is 0. The average molecular weight is 803 g/mol. The molecule has 0 saturated heterocycles. The highest BCUT2D eigenvalue weighted by Crippen LogP contribution is 2.37. The summed E-state index contributed by atoms with van der Waals surface area (Å²) >= 11 is 0. The number of carbonyl (C=O) groups is 2. The number of allylic oxidation sites excluding steroid dienone is 1. The molecule has 0 spiro atoms. The zero-order valence-corrected chi connectivity index (χ0v) is 35.3. The van der Waals surface area contributed by atoms with Crippen LogP contribution in [0.5, 0.6) is 0 Å². The Bertz CT molecular complexity index is 1060. The van der Waals surface area contributed by atoms with Crippen molar-refractivity contribution in [2.24, 2.45) is 11.8 Å². The monoisotopic (exact) mass is 803 g/mol. The number of ether oxygens (including phenoxy) is 2. The summed E-state index contributed by atoms with van der Waals surface area (Å²) in [6.07, 6.45) is 31.7. The highest BCUT2D eigenvalue weighted by atomic mass is 31.2. The molecule has 0 aromatic rings. The van der Waals surface area contributed by atoms with Gasteiger partial charge in [0, 0.05) is 18.8 Å². The lowest BCUT2D eigenvalue weighted by atomic mass is 9.89. The molecule has 0 amide bonds. The van der Waals surface area contributed by atoms with Crippen LogP contribution in [0, 0.1) is 11.8 Å². The summed E-state index contributed by atoms with van der Waals surface area (Å²) in [7, 11) is -4.85. The minimum absolute atomic E-state index is 0.165. The van der Waals surface area contributed by atoms with Crippen LogP contribution < -0.4 is 0 Å². The minimum Gasteiger partial charge on any atom is -0.462 e. The number of hydrogen-bond acceptors (Lipinski definition) is 9. The third kappa shape index (κ3) is 29.3. The Morgan fingerprint density at radius 3 is 1.73 bits per heavy atom. The minimum atomic E-state index is -4.85. The van der Waals surface area contributed by atoms with E-state index in [-0.39, 0.29) is 31.1 Å². The van der Waals surface area contributed by atoms with Crippen molar-refractivity contribution in [3.05, 3.63) is 24.3 Å². The Morgan fingerprint density at radius 1 is 0.691 bits per heavy atom. The maximum atomic E-state index is 12.6. The molecular formula is C43H79O11P. The molecule has 11 nitrogen and oxygen atoms in total. The van der Waals surface area contributed by atoms with Crippen molar-refractivity contribution in [2.45, 2.75) is 212 Å². The second-order valence-electron chi connectivity index (χ2n) is 15.7. The lowest BCUT2D eigenvalue weighted by Crippen LogP contribution is -2.29. The van der Waals surface area contributed by atoms with Crippen LogP contribution in [0.4, 0.5) is 0 Å². The van der Waals surface area contributed by atoms with E-state index < -0.39 is 57.4 Å². The second-order valence-corrected chi connectivity index (χ2v) is 16.9. The number of hydrogen-bond donors (Lipinski definition) is 5. The quantitative estimate of drug-likeness (QED) is 0.0176. The number of phosphoric ester groups is 1. The third-order valence-electron chi connectivity index (χ3n) is 10.6. The molecule has 1 fully saturated rings. The van der Waals surface area contributed by atoms with Gasteiger partial charge in [-0.1, -0.05) is 173 Å². The van der Waals surface area contributed by atoms with Gasteiger partial charge in [-0.25, -0.2) is 4.57 Å². The molecule has 5 N–H and O–H groups in total. The summed E-state index contributed by atoms with van der Waals surface area (Å²) in [4.78, 5) is 43.2. The predicted molar refractivity (Wildman–Crippen MR) is 218 cm³/mol. The van der Waals surface area contributed by atoms with E-state index in [2.05, 4.69) is 18.4 Å². The van der Waals surface area contributed by atoms with Crippen LogP contribution in [0.1, 0.15) is 187 Å². The second kappa shape index (κ2) is 33.4. The topological polar surface area (TPSA) is 180 Å². The first kappa shape index (κ1) is 51.4. The summed E-state index contributed by atoms with van der Waals surface area (Å²) < 4.78 is 26.4. The first-order valence-electron chi connectivity index (χ1n) is 21.9. The lowest BCUT2D eigenvalue weighted by Gasteiger charge is -2.20. The maximum absolute atomic E-state index is 12.6. The van der Waals surface area contributed by atoms with Crippen molar-refractivity contribution < 1.29 is 53.3 Å². The van der Waals surface area contributed by atoms with Gasteiger partial charge in [-0.05, 0) is 25.2 Å². The van der Waals surface area contributed by atoms with Crippen molar-refractivity contribution >= 4 is 19.8 Å². The average Bonchev–Trinajstić information content (AvgIpc) is 3.41. The molecule has 1 saturated carbocycles. The molecule has 1 aliphatic rings. The summed E-state index contributed by atoms with van der Waals surface area (Å²) in [5.74, 6) is -1.81. The van der Waals surface area contributed by atoms with Gasteiger partial charge in [0.25, 0.3) is 0 Å². The number of aliphatic hydroxyl groups excluding tert-OH is 3. The SMILES string of the molecule is CCCCCCCCCCCCCCCCCCCCCC(=O)OC[C@H](COP(=O)(O)O)OC(=O)C/C=C\C[C@H]1[C@@H](/C=C/[C@H](O)CCCCC)[C@H](O)C[C@@H]1O. The van der Waals surface area contributed by atoms with Gasteiger partial charge < -0.3 is 34.6 Å². The highest BCUT2D eigenvalue weighted by Gasteiger charge is 2.39. The molecule has 0 bridgehead atoms. The number of carbonyl (C=O) groups excluding carboxylic acids is 2. The van der Waals surface area contributed by atoms with E-state index in [9.17, 15) is 29.5 Å². The smallest absolute Gasteiger partial charge is 0.462 e. The Morgan fingerprint density at radius 2 is 1.20 bits per heavy atom. The van der Waals surface area contributed by atoms with Gasteiger partial charge in [-0.15, -0.1) is 0 Å². The number of esters is 2. The van der Waals surface area contributed by atoms with Gasteiger partial charge in [0.2, 0.25) is 0 Å². The maximum Gasteiger partial charge on any atom is 0.469 e. The van der Waals surface area contributed by atoms with Crippen molar-refractivity contribution in [3.8, 4) is 0 Å². The Labute approximate surface area is 333 Å². The number of unbranched alkanes of at least 4 members (excludes halogenated alkanes) is 20. The zero-order valence-electron chi connectivity index (χ0n) is 34.4. The largest absolute Gasteiger partial charge is 0.469 e. The van der Waals surface area contributed by atoms with E-state index in [4.69, 9.17) is 19.3 Å². The van der Waals surface area contributed by atoms with Crippen molar-refractivity contribution in [2.75, 3.05) is 13.2 Å². The molecule has 0 unspecified atom stereocenters. The van der Waals surface area contributed by atoms with Crippen molar-refractivity contribution in [1.29, 1.82) is 0 Å². The molecule has 0 aliphatic heterocycles. The van der Waals surface area contributed by atoms with Crippen LogP contribution in [-0.4, -0.2) is 74.7 Å². The fraction of sp³-hybridized carbons (Fsp3) is 0.860. The van der Waals surface area contributed by atoms with E-state index >= 15 is 0 Å². The third-order valence-corrected chi connectivity index (χ3v) is 11.1. The predicted octanol–water partition coefficient (Wildman–Crippen LogP) is 9.56. The first-order chi connectivity index (χ1) is 26.5. The number of phosphoric acid groups is 1. The lowest BCUT2D eigenvalue weighted by molar-refractivity contribution is -0.160. The molecule has 322 valence electrons. The van der Waals surface area contributed by atoms with Gasteiger partial charge in [0.05, 0.1) is 31.3 Å². The summed E-state index contributed by atoms with van der Waals surface area (Å²) in [5, 5.41) is 31.2. The van der Waals surface area contributed by atoms with Crippen molar-refractivity contribution in [3.63, 3.8) is 0 Å². The molecule has 6 atom stereocenters. The normalized spacial score (nSPS) is 20.1. The molecule has 55 heavy (non-hydrogen) atoms. The highest BCUT2D eigenvalue weighted by molar-refractivity contribution is 7.46. The van der Waals surface area contributed by atoms with E-state index in [1.54, 1.807) is 24.3 Å². The van der Waals surface area contributed by atoms with Crippen LogP contribution in [0.3, 0.4) is 0 Å². The van der Waals surface area contributed by atoms with E-state index in [1.807, 2.05) is 0 Å². The van der Waals surface area contributed by atoms with Gasteiger partial charge in [-0.3, -0.25) is 14.1 Å². The van der Waals surface area contributed by atoms with Crippen LogP contribution in [0.2, 0.25) is 0 Å². The molecule has 1 aliphatic carbocycles. The summed E-state index contributed by atoms with van der Waals surface area (Å²) in [6.45, 7) is 3.32. The number of rotatable bonds is 36. The molecule has 0 radical (unpaired) electrons. The fourth-order valence-corrected chi connectivity index (χ4v) is 7.59. The zero-order chi connectivity index (χ0) is 40.6. The van der Waals surface area contributed by atoms with Crippen LogP contribution >= 0.6 is 7.82 Å². The van der Waals surface area contributed by atoms with Crippen molar-refractivity contribution in [1.82, 2.24) is 0 Å². The molecule has 0 aromatic carbocycles. The molecular weight excluding hydrogens is 723 g/mol. The van der Waals surface area contributed by atoms with Gasteiger partial charge in [0.15, 0.2) is 6.10 Å². The molecule has 1 rings (SSSR count). The molecule has 12 heteroatoms. The van der Waals surface area contributed by atoms with Gasteiger partial charge in [-0.2, -0.15) is 0 Å². The molecule has 0 aromatic heterocycles. The van der Waals surface area contributed by atoms with Crippen LogP contribution in [-0.2, 0) is 28.2 Å². The van der Waals surface area contributed by atoms with Crippen LogP contribution in [0.15, 0.2) is 24.3 Å². The Kier molecular flexibility index (Phi) is 31.2. The van der Waals surface area contributed by atoms with E-state index in [1.165, 1.54) is 96.3 Å². The standard InChI is InChI=1S/C43H79O11P/c1-3-5-7-8-9-10-11-12-13-14-15-16-17-18-19-20-21-22-24-29-42(47)52-34-37(35-53-55(49,50)51)54-43(48)30-26-25-28-38-39(41(46)33-40(38)45)32-31-36(44)27-23-6-4-2/h25-26,31-32,36-41,44-46H,3-24,27-30,33-35H2,1-2H3,(H2,49,50,51)/b26-25-,32-31+/t36-,37-,38+,39-,40+,41-/m1/s1. The van der Waals surface area contributed by atoms with E-state index in [0.717, 1.165) is 38.5 Å². The molecule has 0 heterocycles. The Balaban J connectivity index is 2.26. The fourth-order valence-electron chi connectivity index (χ4n) is 7.23. The Hall–Kier alpha value is -1.59.